The molecular formula is C20H34N4O4. The number of amides is 3. The van der Waals surface area contributed by atoms with Crippen molar-refractivity contribution in [2.45, 2.75) is 45.1 Å². The van der Waals surface area contributed by atoms with E-state index in [0.29, 0.717) is 64.3 Å². The van der Waals surface area contributed by atoms with Gasteiger partial charge in [-0.1, -0.05) is 13.8 Å². The summed E-state index contributed by atoms with van der Waals surface area (Å²) in [6.45, 7) is 9.16. The van der Waals surface area contributed by atoms with Crippen molar-refractivity contribution in [2.75, 3.05) is 52.9 Å². The number of ether oxygens (including phenoxy) is 1. The van der Waals surface area contributed by atoms with Crippen LogP contribution in [0, 0.1) is 11.8 Å². The van der Waals surface area contributed by atoms with E-state index >= 15 is 0 Å². The summed E-state index contributed by atoms with van der Waals surface area (Å²) < 4.78 is 5.78. The smallest absolute Gasteiger partial charge is 0.410 e. The fraction of sp³-hybridized carbons (Fsp3) is 0.850. The van der Waals surface area contributed by atoms with E-state index < -0.39 is 5.60 Å². The van der Waals surface area contributed by atoms with E-state index in [2.05, 4.69) is 31.1 Å². The van der Waals surface area contributed by atoms with Crippen LogP contribution in [-0.4, -0.2) is 91.1 Å². The van der Waals surface area contributed by atoms with Crippen molar-refractivity contribution in [1.29, 1.82) is 0 Å². The van der Waals surface area contributed by atoms with Gasteiger partial charge in [-0.2, -0.15) is 0 Å². The molecule has 3 aliphatic rings. The third-order valence-electron chi connectivity index (χ3n) is 6.07. The maximum absolute atomic E-state index is 12.7. The average Bonchev–Trinajstić information content (AvgIpc) is 2.95. The van der Waals surface area contributed by atoms with Crippen LogP contribution in [0.15, 0.2) is 0 Å². The zero-order valence-corrected chi connectivity index (χ0v) is 17.4. The lowest BCUT2D eigenvalue weighted by molar-refractivity contribution is -0.140. The van der Waals surface area contributed by atoms with Crippen molar-refractivity contribution >= 4 is 17.9 Å². The van der Waals surface area contributed by atoms with Gasteiger partial charge in [0.05, 0.1) is 12.5 Å². The molecule has 0 radical (unpaired) electrons. The van der Waals surface area contributed by atoms with Crippen molar-refractivity contribution in [3.05, 3.63) is 0 Å². The standard InChI is InChI=1S/C20H34N4O4/c1-15(2)13-22(3)10-11-24-14-20(28-19(24)27)6-8-23(9-7-20)18(26)16-4-5-17(25)21-12-16/h15-16H,4-14H2,1-3H3,(H,21,25)/t16-/m0/s1. The summed E-state index contributed by atoms with van der Waals surface area (Å²) in [6, 6.07) is 0. The zero-order chi connectivity index (χ0) is 20.3. The molecule has 0 bridgehead atoms. The Bertz CT molecular complexity index is 591. The van der Waals surface area contributed by atoms with Crippen LogP contribution < -0.4 is 5.32 Å². The number of piperidine rings is 2. The molecule has 3 rings (SSSR count). The van der Waals surface area contributed by atoms with Crippen molar-refractivity contribution in [2.24, 2.45) is 11.8 Å². The lowest BCUT2D eigenvalue weighted by Crippen LogP contribution is -2.52. The second-order valence-electron chi connectivity index (χ2n) is 8.99. The molecule has 1 spiro atoms. The van der Waals surface area contributed by atoms with Gasteiger partial charge < -0.3 is 24.8 Å². The topological polar surface area (TPSA) is 82.2 Å². The Morgan fingerprint density at radius 1 is 1.32 bits per heavy atom. The number of nitrogens with zero attached hydrogens (tertiary/aromatic N) is 3. The number of nitrogens with one attached hydrogen (secondary N) is 1. The largest absolute Gasteiger partial charge is 0.441 e. The minimum absolute atomic E-state index is 0.0265. The minimum Gasteiger partial charge on any atom is -0.441 e. The van der Waals surface area contributed by atoms with Gasteiger partial charge in [0.15, 0.2) is 0 Å². The Kier molecular flexibility index (Phi) is 6.47. The summed E-state index contributed by atoms with van der Waals surface area (Å²) in [5, 5.41) is 2.78. The molecule has 3 heterocycles. The van der Waals surface area contributed by atoms with E-state index in [0.717, 1.165) is 13.1 Å². The molecule has 0 aromatic carbocycles. The summed E-state index contributed by atoms with van der Waals surface area (Å²) >= 11 is 0. The Morgan fingerprint density at radius 2 is 2.04 bits per heavy atom. The van der Waals surface area contributed by atoms with Crippen LogP contribution >= 0.6 is 0 Å². The Morgan fingerprint density at radius 3 is 2.64 bits per heavy atom. The molecule has 3 fully saturated rings. The summed E-state index contributed by atoms with van der Waals surface area (Å²) in [5.74, 6) is 0.622. The van der Waals surface area contributed by atoms with E-state index in [9.17, 15) is 14.4 Å². The van der Waals surface area contributed by atoms with Crippen molar-refractivity contribution in [3.63, 3.8) is 0 Å². The number of hydrogen-bond donors (Lipinski definition) is 1. The minimum atomic E-state index is -0.453. The van der Waals surface area contributed by atoms with Gasteiger partial charge in [-0.25, -0.2) is 4.79 Å². The molecule has 0 aromatic rings. The first kappa shape index (κ1) is 20.9. The highest BCUT2D eigenvalue weighted by Gasteiger charge is 2.47. The number of likely N-dealkylation sites (tertiary alicyclic amines) is 1. The second-order valence-corrected chi connectivity index (χ2v) is 8.99. The predicted molar refractivity (Wildman–Crippen MR) is 105 cm³/mol. The highest BCUT2D eigenvalue weighted by atomic mass is 16.6. The lowest BCUT2D eigenvalue weighted by Gasteiger charge is -2.39. The number of hydrogen-bond acceptors (Lipinski definition) is 5. The molecule has 0 aromatic heterocycles. The van der Waals surface area contributed by atoms with Crippen LogP contribution in [0.4, 0.5) is 4.79 Å². The van der Waals surface area contributed by atoms with Crippen LogP contribution in [-0.2, 0) is 14.3 Å². The number of rotatable bonds is 6. The second kappa shape index (κ2) is 8.68. The van der Waals surface area contributed by atoms with E-state index in [4.69, 9.17) is 4.74 Å². The van der Waals surface area contributed by atoms with Gasteiger partial charge in [0, 0.05) is 58.5 Å². The Balaban J connectivity index is 1.46. The number of carbonyl (C=O) groups is 3. The predicted octanol–water partition coefficient (Wildman–Crippen LogP) is 0.914. The maximum atomic E-state index is 12.7. The molecule has 8 nitrogen and oxygen atoms in total. The van der Waals surface area contributed by atoms with Crippen LogP contribution in [0.3, 0.4) is 0 Å². The van der Waals surface area contributed by atoms with Gasteiger partial charge in [0.25, 0.3) is 0 Å². The quantitative estimate of drug-likeness (QED) is 0.724. The van der Waals surface area contributed by atoms with Crippen LogP contribution in [0.25, 0.3) is 0 Å². The van der Waals surface area contributed by atoms with Crippen molar-refractivity contribution in [3.8, 4) is 0 Å². The first-order chi connectivity index (χ1) is 13.3. The van der Waals surface area contributed by atoms with E-state index in [-0.39, 0.29) is 23.8 Å². The van der Waals surface area contributed by atoms with E-state index in [1.54, 1.807) is 0 Å². The lowest BCUT2D eigenvalue weighted by atomic mass is 9.89. The third kappa shape index (κ3) is 4.96. The maximum Gasteiger partial charge on any atom is 0.410 e. The highest BCUT2D eigenvalue weighted by molar-refractivity contribution is 5.84. The normalized spacial score (nSPS) is 24.8. The third-order valence-corrected chi connectivity index (χ3v) is 6.07. The molecule has 1 N–H and O–H groups in total. The summed E-state index contributed by atoms with van der Waals surface area (Å²) in [4.78, 5) is 42.3. The number of likely N-dealkylation sites (N-methyl/N-ethyl adjacent to an activating group) is 1. The summed E-state index contributed by atoms with van der Waals surface area (Å²) in [7, 11) is 2.08. The van der Waals surface area contributed by atoms with Gasteiger partial charge in [-0.3, -0.25) is 9.59 Å². The average molecular weight is 395 g/mol. The SMILES string of the molecule is CC(C)CN(C)CCN1CC2(CCN(C(=O)[C@H]3CCC(=O)NC3)CC2)OC1=O. The molecule has 3 saturated heterocycles. The highest BCUT2D eigenvalue weighted by Crippen LogP contribution is 2.33. The molecule has 158 valence electrons. The molecule has 0 unspecified atom stereocenters. The van der Waals surface area contributed by atoms with Gasteiger partial charge >= 0.3 is 6.09 Å². The molecule has 8 heteroatoms. The molecule has 3 amide bonds. The first-order valence-electron chi connectivity index (χ1n) is 10.5. The molecule has 1 atom stereocenters. The van der Waals surface area contributed by atoms with Gasteiger partial charge in [0.1, 0.15) is 5.60 Å². The number of carbonyl (C=O) groups excluding carboxylic acids is 3. The zero-order valence-electron chi connectivity index (χ0n) is 17.4. The molecule has 0 saturated carbocycles. The molecular weight excluding hydrogens is 360 g/mol. The Labute approximate surface area is 167 Å². The van der Waals surface area contributed by atoms with Crippen molar-refractivity contribution in [1.82, 2.24) is 20.0 Å². The monoisotopic (exact) mass is 394 g/mol. The fourth-order valence-electron chi connectivity index (χ4n) is 4.47. The van der Waals surface area contributed by atoms with Crippen molar-refractivity contribution < 1.29 is 19.1 Å². The molecule has 3 aliphatic heterocycles. The molecule has 28 heavy (non-hydrogen) atoms. The van der Waals surface area contributed by atoms with E-state index in [1.807, 2.05) is 9.80 Å². The van der Waals surface area contributed by atoms with E-state index in [1.165, 1.54) is 0 Å². The molecule has 0 aliphatic carbocycles. The Hall–Kier alpha value is -1.83. The van der Waals surface area contributed by atoms with Crippen LogP contribution in [0.5, 0.6) is 0 Å². The van der Waals surface area contributed by atoms with Gasteiger partial charge in [0.2, 0.25) is 11.8 Å². The first-order valence-corrected chi connectivity index (χ1v) is 10.5. The van der Waals surface area contributed by atoms with Crippen LogP contribution in [0.1, 0.15) is 39.5 Å². The van der Waals surface area contributed by atoms with Crippen LogP contribution in [0.2, 0.25) is 0 Å². The fourth-order valence-corrected chi connectivity index (χ4v) is 4.47. The summed E-state index contributed by atoms with van der Waals surface area (Å²) in [5.41, 5.74) is -0.453. The van der Waals surface area contributed by atoms with Gasteiger partial charge in [-0.05, 0) is 19.4 Å². The summed E-state index contributed by atoms with van der Waals surface area (Å²) in [6.07, 6.45) is 2.18. The van der Waals surface area contributed by atoms with Gasteiger partial charge in [-0.15, -0.1) is 0 Å².